The van der Waals surface area contributed by atoms with Crippen LogP contribution in [0, 0.1) is 17.8 Å². The summed E-state index contributed by atoms with van der Waals surface area (Å²) in [6.45, 7) is 0. The fourth-order valence-corrected chi connectivity index (χ4v) is 5.41. The van der Waals surface area contributed by atoms with Crippen LogP contribution in [0.1, 0.15) is 44.9 Å². The first-order valence-electron chi connectivity index (χ1n) is 9.51. The highest BCUT2D eigenvalue weighted by Gasteiger charge is 2.41. The lowest BCUT2D eigenvalue weighted by Crippen LogP contribution is -2.49. The van der Waals surface area contributed by atoms with E-state index < -0.39 is 17.2 Å². The third-order valence-corrected chi connectivity index (χ3v) is 6.91. The minimum absolute atomic E-state index is 0.197. The molecule has 0 radical (unpaired) electrons. The predicted octanol–water partition coefficient (Wildman–Crippen LogP) is 4.61. The van der Waals surface area contributed by atoms with E-state index in [1.165, 1.54) is 12.8 Å². The Bertz CT molecular complexity index is 694. The van der Waals surface area contributed by atoms with Crippen LogP contribution in [0.4, 0.5) is 0 Å². The minimum Gasteiger partial charge on any atom is -0.481 e. The molecule has 4 rings (SSSR count). The standard InChI is InChI=1S/C20H26BrNO4S/c21-16-7-9-17(10-8-16)26-27(25)22-19-13-14-6-11-18(19)15(12-14)4-2-1-3-5-20(23)24/h2,4,7-10,14-15,18-19,22H,1,3,5-6,11-13H2,(H,23,24)/t14-,15-,18+,19?,27?/m0/s1. The second-order valence-electron chi connectivity index (χ2n) is 7.45. The van der Waals surface area contributed by atoms with Gasteiger partial charge in [-0.05, 0) is 74.1 Å². The lowest BCUT2D eigenvalue weighted by molar-refractivity contribution is -0.137. The fraction of sp³-hybridized carbons (Fsp3) is 0.550. The van der Waals surface area contributed by atoms with Crippen molar-refractivity contribution in [1.82, 2.24) is 4.72 Å². The maximum absolute atomic E-state index is 12.4. The van der Waals surface area contributed by atoms with Gasteiger partial charge in [-0.1, -0.05) is 34.5 Å². The highest BCUT2D eigenvalue weighted by Crippen LogP contribution is 2.45. The van der Waals surface area contributed by atoms with Crippen molar-refractivity contribution in [2.24, 2.45) is 17.8 Å². The molecule has 5 nitrogen and oxygen atoms in total. The number of hydrogen-bond acceptors (Lipinski definition) is 3. The zero-order chi connectivity index (χ0) is 19.2. The molecule has 7 heteroatoms. The summed E-state index contributed by atoms with van der Waals surface area (Å²) >= 11 is 1.81. The van der Waals surface area contributed by atoms with Crippen molar-refractivity contribution in [1.29, 1.82) is 0 Å². The van der Waals surface area contributed by atoms with E-state index in [0.717, 1.165) is 23.7 Å². The Morgan fingerprint density at radius 2 is 2.07 bits per heavy atom. The predicted molar refractivity (Wildman–Crippen MR) is 109 cm³/mol. The molecule has 3 saturated carbocycles. The summed E-state index contributed by atoms with van der Waals surface area (Å²) in [6, 6.07) is 7.50. The van der Waals surface area contributed by atoms with Crippen LogP contribution in [-0.4, -0.2) is 21.3 Å². The van der Waals surface area contributed by atoms with E-state index in [2.05, 4.69) is 32.8 Å². The second kappa shape index (κ2) is 9.85. The van der Waals surface area contributed by atoms with E-state index in [0.29, 0.717) is 29.9 Å². The van der Waals surface area contributed by atoms with E-state index >= 15 is 0 Å². The second-order valence-corrected chi connectivity index (χ2v) is 9.24. The van der Waals surface area contributed by atoms with Gasteiger partial charge < -0.3 is 9.29 Å². The molecule has 0 amide bonds. The van der Waals surface area contributed by atoms with Gasteiger partial charge in [0.15, 0.2) is 0 Å². The Morgan fingerprint density at radius 1 is 1.30 bits per heavy atom. The molecule has 27 heavy (non-hydrogen) atoms. The number of carboxylic acid groups (broad SMARTS) is 1. The molecule has 1 aromatic carbocycles. The zero-order valence-electron chi connectivity index (χ0n) is 15.2. The number of fused-ring (bicyclic) bond motifs is 3. The summed E-state index contributed by atoms with van der Waals surface area (Å²) in [4.78, 5) is 10.6. The lowest BCUT2D eigenvalue weighted by atomic mass is 9.62. The molecule has 2 unspecified atom stereocenters. The van der Waals surface area contributed by atoms with E-state index in [1.807, 2.05) is 12.1 Å². The van der Waals surface area contributed by atoms with Crippen LogP contribution in [0.25, 0.3) is 0 Å². The number of carbonyl (C=O) groups is 1. The maximum atomic E-state index is 12.4. The molecule has 1 aromatic rings. The van der Waals surface area contributed by atoms with Crippen LogP contribution in [-0.2, 0) is 16.1 Å². The van der Waals surface area contributed by atoms with E-state index in [4.69, 9.17) is 9.29 Å². The van der Waals surface area contributed by atoms with Crippen LogP contribution in [0.15, 0.2) is 40.9 Å². The molecule has 0 aliphatic heterocycles. The largest absolute Gasteiger partial charge is 0.481 e. The SMILES string of the molecule is O=C(O)CCCC=C[C@H]1C[C@@H]2CC[C@H]1C(NS(=O)Oc1ccc(Br)cc1)C2. The smallest absolute Gasteiger partial charge is 0.303 e. The summed E-state index contributed by atoms with van der Waals surface area (Å²) in [7, 11) is 0. The van der Waals surface area contributed by atoms with Gasteiger partial charge in [-0.15, -0.1) is 0 Å². The zero-order valence-corrected chi connectivity index (χ0v) is 17.6. The Hall–Kier alpha value is -1.18. The monoisotopic (exact) mass is 455 g/mol. The third kappa shape index (κ3) is 6.16. The first-order valence-corrected chi connectivity index (χ1v) is 11.4. The first-order chi connectivity index (χ1) is 13.0. The average molecular weight is 456 g/mol. The van der Waals surface area contributed by atoms with Crippen LogP contribution in [0.2, 0.25) is 0 Å². The molecule has 0 spiro atoms. The molecule has 0 saturated heterocycles. The minimum atomic E-state index is -1.56. The average Bonchev–Trinajstić information content (AvgIpc) is 2.63. The van der Waals surface area contributed by atoms with Crippen LogP contribution < -0.4 is 8.91 Å². The van der Waals surface area contributed by atoms with Crippen molar-refractivity contribution in [3.05, 3.63) is 40.9 Å². The highest BCUT2D eigenvalue weighted by molar-refractivity contribution is 9.10. The third-order valence-electron chi connectivity index (χ3n) is 5.55. The van der Waals surface area contributed by atoms with Gasteiger partial charge in [0.25, 0.3) is 11.3 Å². The van der Waals surface area contributed by atoms with Crippen molar-refractivity contribution < 1.29 is 18.3 Å². The van der Waals surface area contributed by atoms with Crippen LogP contribution in [0.5, 0.6) is 5.75 Å². The van der Waals surface area contributed by atoms with Crippen molar-refractivity contribution >= 4 is 33.2 Å². The lowest BCUT2D eigenvalue weighted by Gasteiger charge is -2.46. The number of benzene rings is 1. The summed E-state index contributed by atoms with van der Waals surface area (Å²) < 4.78 is 22.1. The molecule has 2 bridgehead atoms. The van der Waals surface area contributed by atoms with E-state index in [9.17, 15) is 9.00 Å². The van der Waals surface area contributed by atoms with Crippen molar-refractivity contribution in [2.75, 3.05) is 0 Å². The quantitative estimate of drug-likeness (QED) is 0.420. The Kier molecular flexibility index (Phi) is 7.49. The molecule has 3 aliphatic carbocycles. The molecule has 5 atom stereocenters. The Balaban J connectivity index is 1.51. The molecule has 3 fully saturated rings. The van der Waals surface area contributed by atoms with Gasteiger partial charge >= 0.3 is 5.97 Å². The Labute approximate surface area is 171 Å². The Morgan fingerprint density at radius 3 is 2.78 bits per heavy atom. The van der Waals surface area contributed by atoms with E-state index in [-0.39, 0.29) is 12.5 Å². The topological polar surface area (TPSA) is 75.6 Å². The summed E-state index contributed by atoms with van der Waals surface area (Å²) in [5, 5.41) is 8.71. The molecule has 2 N–H and O–H groups in total. The summed E-state index contributed by atoms with van der Waals surface area (Å²) in [5.74, 6) is 1.44. The van der Waals surface area contributed by atoms with Crippen molar-refractivity contribution in [3.8, 4) is 5.75 Å². The summed E-state index contributed by atoms with van der Waals surface area (Å²) in [5.41, 5.74) is 0. The maximum Gasteiger partial charge on any atom is 0.303 e. The van der Waals surface area contributed by atoms with Gasteiger partial charge in [0.05, 0.1) is 0 Å². The van der Waals surface area contributed by atoms with Crippen LogP contribution >= 0.6 is 15.9 Å². The number of hydrogen-bond donors (Lipinski definition) is 2. The number of nitrogens with one attached hydrogen (secondary N) is 1. The number of allylic oxidation sites excluding steroid dienone is 2. The number of halogens is 1. The van der Waals surface area contributed by atoms with Gasteiger partial charge in [0.2, 0.25) is 0 Å². The van der Waals surface area contributed by atoms with Gasteiger partial charge in [0, 0.05) is 16.9 Å². The highest BCUT2D eigenvalue weighted by atomic mass is 79.9. The molecular weight excluding hydrogens is 430 g/mol. The normalized spacial score (nSPS) is 28.3. The van der Waals surface area contributed by atoms with Crippen LogP contribution in [0.3, 0.4) is 0 Å². The van der Waals surface area contributed by atoms with Gasteiger partial charge in [-0.3, -0.25) is 4.79 Å². The van der Waals surface area contributed by atoms with Crippen molar-refractivity contribution in [3.63, 3.8) is 0 Å². The van der Waals surface area contributed by atoms with Crippen molar-refractivity contribution in [2.45, 2.75) is 51.0 Å². The molecule has 0 heterocycles. The number of carboxylic acids is 1. The number of aliphatic carboxylic acids is 1. The van der Waals surface area contributed by atoms with Gasteiger partial charge in [-0.25, -0.2) is 4.72 Å². The number of unbranched alkanes of at least 4 members (excludes halogenated alkanes) is 1. The number of rotatable bonds is 9. The molecule has 148 valence electrons. The van der Waals surface area contributed by atoms with E-state index in [1.54, 1.807) is 12.1 Å². The van der Waals surface area contributed by atoms with Gasteiger partial charge in [0.1, 0.15) is 5.75 Å². The molecule has 3 aliphatic rings. The molecule has 0 aromatic heterocycles. The molecular formula is C20H26BrNO4S. The van der Waals surface area contributed by atoms with Gasteiger partial charge in [-0.2, -0.15) is 4.21 Å². The fourth-order valence-electron chi connectivity index (χ4n) is 4.29. The summed E-state index contributed by atoms with van der Waals surface area (Å²) in [6.07, 6.45) is 10.7. The first kappa shape index (κ1) is 20.6.